The SMILES string of the molecule is CC[C@@](C)(CC(=O)[O-])CC(=O)Nc1sc2c(c1C#N)CC[C@@H](C)C2. The van der Waals surface area contributed by atoms with E-state index in [9.17, 15) is 20.0 Å². The molecule has 1 aromatic rings. The average Bonchev–Trinajstić information content (AvgIpc) is 2.81. The van der Waals surface area contributed by atoms with Gasteiger partial charge >= 0.3 is 0 Å². The van der Waals surface area contributed by atoms with Crippen LogP contribution in [0.1, 0.15) is 62.5 Å². The lowest BCUT2D eigenvalue weighted by Crippen LogP contribution is -2.33. The quantitative estimate of drug-likeness (QED) is 0.856. The second-order valence-corrected chi connectivity index (χ2v) is 8.21. The van der Waals surface area contributed by atoms with Crippen LogP contribution in [-0.2, 0) is 22.4 Å². The largest absolute Gasteiger partial charge is 0.550 e. The third-order valence-corrected chi connectivity index (χ3v) is 6.06. The van der Waals surface area contributed by atoms with Gasteiger partial charge in [-0.2, -0.15) is 5.26 Å². The van der Waals surface area contributed by atoms with Crippen molar-refractivity contribution in [2.24, 2.45) is 11.3 Å². The smallest absolute Gasteiger partial charge is 0.225 e. The predicted octanol–water partition coefficient (Wildman–Crippen LogP) is 2.63. The normalized spacial score (nSPS) is 19.0. The van der Waals surface area contributed by atoms with E-state index in [0.29, 0.717) is 22.9 Å². The van der Waals surface area contributed by atoms with Crippen molar-refractivity contribution < 1.29 is 14.7 Å². The fourth-order valence-corrected chi connectivity index (χ4v) is 4.55. The molecule has 0 unspecified atom stereocenters. The second-order valence-electron chi connectivity index (χ2n) is 7.11. The first-order chi connectivity index (χ1) is 11.3. The zero-order valence-corrected chi connectivity index (χ0v) is 15.2. The highest BCUT2D eigenvalue weighted by molar-refractivity contribution is 7.16. The number of nitrogens with zero attached hydrogens (tertiary/aromatic N) is 1. The first-order valence-corrected chi connectivity index (χ1v) is 9.14. The fraction of sp³-hybridized carbons (Fsp3) is 0.611. The number of aliphatic carboxylic acids is 1. The number of amides is 1. The summed E-state index contributed by atoms with van der Waals surface area (Å²) in [5.74, 6) is -0.799. The van der Waals surface area contributed by atoms with E-state index >= 15 is 0 Å². The molecule has 0 fully saturated rings. The van der Waals surface area contributed by atoms with E-state index in [4.69, 9.17) is 0 Å². The molecular formula is C18H23N2O3S-. The standard InChI is InChI=1S/C18H24N2O3S/c1-4-18(3,9-16(22)23)8-15(21)20-17-13(10-19)12-6-5-11(2)7-14(12)24-17/h11H,4-9H2,1-3H3,(H,20,21)(H,22,23)/p-1/t11-,18-/m1/s1. The summed E-state index contributed by atoms with van der Waals surface area (Å²) in [6.07, 6.45) is 3.40. The Morgan fingerprint density at radius 2 is 2.17 bits per heavy atom. The molecule has 1 aliphatic carbocycles. The summed E-state index contributed by atoms with van der Waals surface area (Å²) in [6.45, 7) is 5.83. The molecule has 130 valence electrons. The van der Waals surface area contributed by atoms with Gasteiger partial charge in [0.05, 0.1) is 5.56 Å². The third kappa shape index (κ3) is 4.15. The van der Waals surface area contributed by atoms with Gasteiger partial charge in [-0.15, -0.1) is 11.3 Å². The highest BCUT2D eigenvalue weighted by Crippen LogP contribution is 2.39. The minimum atomic E-state index is -1.15. The molecule has 0 aliphatic heterocycles. The van der Waals surface area contributed by atoms with E-state index in [0.717, 1.165) is 24.8 Å². The highest BCUT2D eigenvalue weighted by atomic mass is 32.1. The van der Waals surface area contributed by atoms with Gasteiger partial charge in [0, 0.05) is 17.3 Å². The van der Waals surface area contributed by atoms with Crippen LogP contribution in [0, 0.1) is 22.7 Å². The van der Waals surface area contributed by atoms with Crippen molar-refractivity contribution in [3.8, 4) is 6.07 Å². The summed E-state index contributed by atoms with van der Waals surface area (Å²) >= 11 is 1.48. The zero-order valence-electron chi connectivity index (χ0n) is 14.4. The number of carbonyl (C=O) groups excluding carboxylic acids is 2. The molecule has 1 heterocycles. The lowest BCUT2D eigenvalue weighted by molar-refractivity contribution is -0.308. The lowest BCUT2D eigenvalue weighted by atomic mass is 9.80. The number of fused-ring (bicyclic) bond motifs is 1. The van der Waals surface area contributed by atoms with E-state index in [2.05, 4.69) is 18.3 Å². The van der Waals surface area contributed by atoms with Crippen molar-refractivity contribution in [1.82, 2.24) is 0 Å². The highest BCUT2D eigenvalue weighted by Gasteiger charge is 2.28. The van der Waals surface area contributed by atoms with Crippen LogP contribution in [-0.4, -0.2) is 11.9 Å². The Balaban J connectivity index is 2.15. The molecule has 2 atom stereocenters. The van der Waals surface area contributed by atoms with Gasteiger partial charge in [-0.25, -0.2) is 0 Å². The number of anilines is 1. The molecule has 5 nitrogen and oxygen atoms in total. The maximum atomic E-state index is 12.4. The number of nitriles is 1. The van der Waals surface area contributed by atoms with Gasteiger partial charge in [-0.1, -0.05) is 20.8 Å². The van der Waals surface area contributed by atoms with Crippen molar-refractivity contribution in [1.29, 1.82) is 5.26 Å². The topological polar surface area (TPSA) is 93.0 Å². The predicted molar refractivity (Wildman–Crippen MR) is 91.5 cm³/mol. The van der Waals surface area contributed by atoms with E-state index < -0.39 is 11.4 Å². The summed E-state index contributed by atoms with van der Waals surface area (Å²) < 4.78 is 0. The molecule has 0 radical (unpaired) electrons. The summed E-state index contributed by atoms with van der Waals surface area (Å²) in [5.41, 5.74) is 1.01. The van der Waals surface area contributed by atoms with Gasteiger partial charge in [0.15, 0.2) is 0 Å². The summed E-state index contributed by atoms with van der Waals surface area (Å²) in [4.78, 5) is 24.5. The van der Waals surface area contributed by atoms with E-state index in [1.165, 1.54) is 16.2 Å². The number of hydrogen-bond donors (Lipinski definition) is 1. The average molecular weight is 347 g/mol. The van der Waals surface area contributed by atoms with Crippen LogP contribution in [0.25, 0.3) is 0 Å². The maximum Gasteiger partial charge on any atom is 0.225 e. The first-order valence-electron chi connectivity index (χ1n) is 8.32. The van der Waals surface area contributed by atoms with Gasteiger partial charge in [-0.3, -0.25) is 4.79 Å². The number of carboxylic acid groups (broad SMARTS) is 1. The van der Waals surface area contributed by atoms with Crippen LogP contribution < -0.4 is 10.4 Å². The molecule has 0 saturated heterocycles. The first kappa shape index (κ1) is 18.5. The van der Waals surface area contributed by atoms with E-state index in [-0.39, 0.29) is 18.7 Å². The van der Waals surface area contributed by atoms with Gasteiger partial charge in [0.2, 0.25) is 5.91 Å². The minimum Gasteiger partial charge on any atom is -0.550 e. The third-order valence-electron chi connectivity index (χ3n) is 4.89. The van der Waals surface area contributed by atoms with Crippen LogP contribution >= 0.6 is 11.3 Å². The van der Waals surface area contributed by atoms with Gasteiger partial charge < -0.3 is 15.2 Å². The molecule has 6 heteroatoms. The zero-order chi connectivity index (χ0) is 17.9. The summed E-state index contributed by atoms with van der Waals surface area (Å²) in [7, 11) is 0. The molecular weight excluding hydrogens is 324 g/mol. The molecule has 0 bridgehead atoms. The molecule has 1 N–H and O–H groups in total. The Labute approximate surface area is 146 Å². The molecule has 1 aliphatic rings. The minimum absolute atomic E-state index is 0.0985. The molecule has 24 heavy (non-hydrogen) atoms. The Kier molecular flexibility index (Phi) is 5.66. The van der Waals surface area contributed by atoms with Gasteiger partial charge in [0.1, 0.15) is 11.1 Å². The number of thiophene rings is 1. The lowest BCUT2D eigenvalue weighted by Gasteiger charge is -2.27. The number of hydrogen-bond acceptors (Lipinski definition) is 5. The van der Waals surface area contributed by atoms with Crippen LogP contribution in [0.15, 0.2) is 0 Å². The Hall–Kier alpha value is -1.87. The molecule has 0 saturated carbocycles. The van der Waals surface area contributed by atoms with Gasteiger partial charge in [0.25, 0.3) is 0 Å². The Morgan fingerprint density at radius 1 is 1.46 bits per heavy atom. The number of carbonyl (C=O) groups is 2. The molecule has 1 aromatic heterocycles. The van der Waals surface area contributed by atoms with E-state index in [1.54, 1.807) is 6.92 Å². The molecule has 2 rings (SSSR count). The Morgan fingerprint density at radius 3 is 2.75 bits per heavy atom. The number of nitrogens with one attached hydrogen (secondary N) is 1. The van der Waals surface area contributed by atoms with Crippen LogP contribution in [0.2, 0.25) is 0 Å². The van der Waals surface area contributed by atoms with Crippen molar-refractivity contribution in [2.45, 2.75) is 59.3 Å². The second kappa shape index (κ2) is 7.35. The van der Waals surface area contributed by atoms with Crippen LogP contribution in [0.5, 0.6) is 0 Å². The monoisotopic (exact) mass is 347 g/mol. The van der Waals surface area contributed by atoms with Crippen LogP contribution in [0.3, 0.4) is 0 Å². The van der Waals surface area contributed by atoms with Crippen molar-refractivity contribution in [3.63, 3.8) is 0 Å². The fourth-order valence-electron chi connectivity index (χ4n) is 3.18. The van der Waals surface area contributed by atoms with Crippen molar-refractivity contribution in [3.05, 3.63) is 16.0 Å². The Bertz CT molecular complexity index is 689. The number of rotatable bonds is 6. The van der Waals surface area contributed by atoms with Gasteiger partial charge in [-0.05, 0) is 49.0 Å². The van der Waals surface area contributed by atoms with E-state index in [1.807, 2.05) is 6.92 Å². The molecule has 1 amide bonds. The number of carboxylic acids is 1. The van der Waals surface area contributed by atoms with Crippen molar-refractivity contribution in [2.75, 3.05) is 5.32 Å². The summed E-state index contributed by atoms with van der Waals surface area (Å²) in [6, 6.07) is 2.22. The maximum absolute atomic E-state index is 12.4. The molecule has 0 spiro atoms. The summed E-state index contributed by atoms with van der Waals surface area (Å²) in [5, 5.41) is 23.8. The van der Waals surface area contributed by atoms with Crippen molar-refractivity contribution >= 4 is 28.2 Å². The van der Waals surface area contributed by atoms with Crippen LogP contribution in [0.4, 0.5) is 5.00 Å². The molecule has 0 aromatic carbocycles.